The van der Waals surface area contributed by atoms with Crippen LogP contribution in [0.2, 0.25) is 0 Å². The minimum atomic E-state index is -0.599. The highest BCUT2D eigenvalue weighted by atomic mass is 79.9. The highest BCUT2D eigenvalue weighted by Gasteiger charge is 2.10. The number of aliphatic hydroxyl groups excluding tert-OH is 1. The second-order valence-corrected chi connectivity index (χ2v) is 4.80. The summed E-state index contributed by atoms with van der Waals surface area (Å²) in [6.07, 6.45) is 0.317. The molecule has 1 N–H and O–H groups in total. The van der Waals surface area contributed by atoms with E-state index in [0.29, 0.717) is 25.2 Å². The Hall–Kier alpha value is -1.07. The van der Waals surface area contributed by atoms with E-state index in [-0.39, 0.29) is 5.97 Å². The molecule has 1 aromatic carbocycles. The highest BCUT2D eigenvalue weighted by Crippen LogP contribution is 2.28. The second kappa shape index (κ2) is 7.38. The third-order valence-electron chi connectivity index (χ3n) is 2.43. The summed E-state index contributed by atoms with van der Waals surface area (Å²) in [6.45, 7) is 2.10. The van der Waals surface area contributed by atoms with Crippen molar-refractivity contribution in [3.63, 3.8) is 0 Å². The van der Waals surface area contributed by atoms with E-state index in [1.165, 1.54) is 7.11 Å². The normalized spacial score (nSPS) is 12.0. The Bertz CT molecular complexity index is 404. The molecule has 0 aliphatic rings. The molecule has 0 aliphatic carbocycles. The van der Waals surface area contributed by atoms with E-state index in [1.54, 1.807) is 13.0 Å². The minimum Gasteiger partial charge on any atom is -0.493 e. The molecule has 18 heavy (non-hydrogen) atoms. The monoisotopic (exact) mass is 316 g/mol. The van der Waals surface area contributed by atoms with Gasteiger partial charge >= 0.3 is 5.97 Å². The standard InChI is InChI=1S/C13H17BrO4/c1-9(15)11-8-10(14)5-6-12(11)18-7-3-4-13(16)17-2/h5-6,8-9,15H,3-4,7H2,1-2H3. The maximum atomic E-state index is 10.9. The van der Waals surface area contributed by atoms with E-state index in [2.05, 4.69) is 20.7 Å². The Kier molecular flexibility index (Phi) is 6.15. The fourth-order valence-electron chi connectivity index (χ4n) is 1.48. The molecule has 0 fully saturated rings. The number of ether oxygens (including phenoxy) is 2. The van der Waals surface area contributed by atoms with Gasteiger partial charge in [-0.1, -0.05) is 15.9 Å². The van der Waals surface area contributed by atoms with Gasteiger partial charge in [0.1, 0.15) is 5.75 Å². The van der Waals surface area contributed by atoms with Crippen LogP contribution in [-0.2, 0) is 9.53 Å². The van der Waals surface area contributed by atoms with Gasteiger partial charge in [0.15, 0.2) is 0 Å². The number of aliphatic hydroxyl groups is 1. The number of methoxy groups -OCH3 is 1. The van der Waals surface area contributed by atoms with Crippen LogP contribution in [0.5, 0.6) is 5.75 Å². The Labute approximate surface area is 115 Å². The Morgan fingerprint density at radius 1 is 1.50 bits per heavy atom. The van der Waals surface area contributed by atoms with Crippen LogP contribution in [0, 0.1) is 0 Å². The quantitative estimate of drug-likeness (QED) is 0.647. The summed E-state index contributed by atoms with van der Waals surface area (Å²) in [5.41, 5.74) is 0.724. The van der Waals surface area contributed by atoms with Crippen molar-refractivity contribution in [3.05, 3.63) is 28.2 Å². The summed E-state index contributed by atoms with van der Waals surface area (Å²) in [6, 6.07) is 5.46. The first-order valence-corrected chi connectivity index (χ1v) is 6.51. The zero-order valence-electron chi connectivity index (χ0n) is 10.5. The van der Waals surface area contributed by atoms with Gasteiger partial charge in [0, 0.05) is 16.5 Å². The number of halogens is 1. The summed E-state index contributed by atoms with van der Waals surface area (Å²) in [5.74, 6) is 0.392. The minimum absolute atomic E-state index is 0.245. The van der Waals surface area contributed by atoms with Gasteiger partial charge in [0.05, 0.1) is 19.8 Å². The summed E-state index contributed by atoms with van der Waals surface area (Å²) in [4.78, 5) is 10.9. The maximum Gasteiger partial charge on any atom is 0.305 e. The lowest BCUT2D eigenvalue weighted by Crippen LogP contribution is -2.06. The number of hydrogen-bond donors (Lipinski definition) is 1. The lowest BCUT2D eigenvalue weighted by molar-refractivity contribution is -0.140. The van der Waals surface area contributed by atoms with Crippen molar-refractivity contribution in [1.82, 2.24) is 0 Å². The molecule has 0 bridgehead atoms. The SMILES string of the molecule is COC(=O)CCCOc1ccc(Br)cc1C(C)O. The summed E-state index contributed by atoms with van der Waals surface area (Å²) in [5, 5.41) is 9.64. The second-order valence-electron chi connectivity index (χ2n) is 3.89. The van der Waals surface area contributed by atoms with Crippen molar-refractivity contribution in [3.8, 4) is 5.75 Å². The average Bonchev–Trinajstić information content (AvgIpc) is 2.35. The van der Waals surface area contributed by atoms with Crippen LogP contribution in [0.3, 0.4) is 0 Å². The van der Waals surface area contributed by atoms with Crippen LogP contribution < -0.4 is 4.74 Å². The molecule has 1 atom stereocenters. The number of hydrogen-bond acceptors (Lipinski definition) is 4. The predicted octanol–water partition coefficient (Wildman–Crippen LogP) is 2.83. The van der Waals surface area contributed by atoms with Crippen molar-refractivity contribution < 1.29 is 19.4 Å². The van der Waals surface area contributed by atoms with Gasteiger partial charge in [-0.25, -0.2) is 0 Å². The number of benzene rings is 1. The molecule has 0 aromatic heterocycles. The summed E-state index contributed by atoms with van der Waals surface area (Å²) < 4.78 is 11.0. The van der Waals surface area contributed by atoms with Crippen molar-refractivity contribution in [2.24, 2.45) is 0 Å². The van der Waals surface area contributed by atoms with Gasteiger partial charge in [-0.2, -0.15) is 0 Å². The molecular formula is C13H17BrO4. The first-order chi connectivity index (χ1) is 8.54. The molecule has 5 heteroatoms. The molecular weight excluding hydrogens is 300 g/mol. The Balaban J connectivity index is 2.54. The molecule has 0 spiro atoms. The van der Waals surface area contributed by atoms with Gasteiger partial charge in [-0.3, -0.25) is 4.79 Å². The lowest BCUT2D eigenvalue weighted by Gasteiger charge is -2.13. The zero-order valence-corrected chi connectivity index (χ0v) is 12.1. The molecule has 0 saturated heterocycles. The third-order valence-corrected chi connectivity index (χ3v) is 2.93. The van der Waals surface area contributed by atoms with E-state index in [1.807, 2.05) is 12.1 Å². The van der Waals surface area contributed by atoms with E-state index in [9.17, 15) is 9.90 Å². The van der Waals surface area contributed by atoms with Gasteiger partial charge < -0.3 is 14.6 Å². The Morgan fingerprint density at radius 2 is 2.22 bits per heavy atom. The maximum absolute atomic E-state index is 10.9. The van der Waals surface area contributed by atoms with Gasteiger partial charge in [-0.05, 0) is 31.5 Å². The van der Waals surface area contributed by atoms with Crippen LogP contribution in [0.1, 0.15) is 31.4 Å². The number of carbonyl (C=O) groups excluding carboxylic acids is 1. The summed E-state index contributed by atoms with van der Waals surface area (Å²) in [7, 11) is 1.36. The van der Waals surface area contributed by atoms with Gasteiger partial charge in [-0.15, -0.1) is 0 Å². The fraction of sp³-hybridized carbons (Fsp3) is 0.462. The Morgan fingerprint density at radius 3 is 2.83 bits per heavy atom. The highest BCUT2D eigenvalue weighted by molar-refractivity contribution is 9.10. The predicted molar refractivity (Wildman–Crippen MR) is 71.5 cm³/mol. The lowest BCUT2D eigenvalue weighted by atomic mass is 10.1. The molecule has 0 amide bonds. The third kappa shape index (κ3) is 4.66. The van der Waals surface area contributed by atoms with Crippen LogP contribution in [0.15, 0.2) is 22.7 Å². The molecule has 100 valence electrons. The van der Waals surface area contributed by atoms with E-state index < -0.39 is 6.10 Å². The van der Waals surface area contributed by atoms with Crippen molar-refractivity contribution in [2.75, 3.05) is 13.7 Å². The zero-order chi connectivity index (χ0) is 13.5. The van der Waals surface area contributed by atoms with Crippen LogP contribution >= 0.6 is 15.9 Å². The summed E-state index contributed by atoms with van der Waals surface area (Å²) >= 11 is 3.35. The first-order valence-electron chi connectivity index (χ1n) is 5.71. The number of rotatable bonds is 6. The fourth-order valence-corrected chi connectivity index (χ4v) is 1.86. The topological polar surface area (TPSA) is 55.8 Å². The van der Waals surface area contributed by atoms with Crippen molar-refractivity contribution in [2.45, 2.75) is 25.9 Å². The van der Waals surface area contributed by atoms with Crippen molar-refractivity contribution >= 4 is 21.9 Å². The van der Waals surface area contributed by atoms with E-state index in [4.69, 9.17) is 4.74 Å². The number of carbonyl (C=O) groups is 1. The average molecular weight is 317 g/mol. The molecule has 0 saturated carbocycles. The smallest absolute Gasteiger partial charge is 0.305 e. The van der Waals surface area contributed by atoms with Gasteiger partial charge in [0.25, 0.3) is 0 Å². The van der Waals surface area contributed by atoms with E-state index in [0.717, 1.165) is 10.0 Å². The van der Waals surface area contributed by atoms with Crippen LogP contribution in [0.25, 0.3) is 0 Å². The molecule has 4 nitrogen and oxygen atoms in total. The molecule has 1 unspecified atom stereocenters. The van der Waals surface area contributed by atoms with Crippen molar-refractivity contribution in [1.29, 1.82) is 0 Å². The van der Waals surface area contributed by atoms with Gasteiger partial charge in [0.2, 0.25) is 0 Å². The molecule has 1 aromatic rings. The van der Waals surface area contributed by atoms with E-state index >= 15 is 0 Å². The largest absolute Gasteiger partial charge is 0.493 e. The number of esters is 1. The molecule has 1 rings (SSSR count). The van der Waals surface area contributed by atoms with Crippen LogP contribution in [0.4, 0.5) is 0 Å². The molecule has 0 heterocycles. The molecule has 0 aliphatic heterocycles. The first kappa shape index (κ1) is 15.0. The molecule has 0 radical (unpaired) electrons. The van der Waals surface area contributed by atoms with Crippen LogP contribution in [-0.4, -0.2) is 24.8 Å².